The highest BCUT2D eigenvalue weighted by Gasteiger charge is 2.21. The van der Waals surface area contributed by atoms with E-state index in [4.69, 9.17) is 34.3 Å². The first-order valence-corrected chi connectivity index (χ1v) is 24.6. The van der Waals surface area contributed by atoms with Crippen molar-refractivity contribution in [1.29, 1.82) is 0 Å². The van der Waals surface area contributed by atoms with E-state index in [1.54, 1.807) is 0 Å². The van der Waals surface area contributed by atoms with Crippen molar-refractivity contribution in [2.24, 2.45) is 0 Å². The number of furan rings is 1. The molecule has 0 saturated heterocycles. The number of benzene rings is 10. The Kier molecular flexibility index (Phi) is 10.3. The van der Waals surface area contributed by atoms with Crippen LogP contribution in [0.5, 0.6) is 0 Å². The van der Waals surface area contributed by atoms with Crippen LogP contribution in [0.1, 0.15) is 0 Å². The molecule has 14 rings (SSSR count). The fraction of sp³-hybridized carbons (Fsp3) is 0. The van der Waals surface area contributed by atoms with E-state index in [1.807, 2.05) is 133 Å². The van der Waals surface area contributed by atoms with Gasteiger partial charge < -0.3 is 8.98 Å². The number of fused-ring (bicyclic) bond motifs is 6. The molecule has 346 valence electrons. The largest absolute Gasteiger partial charge is 0.456 e. The molecule has 0 aliphatic rings. The standard InChI is InChI=1S/C66H41N7O/c1-6-19-42(20-7-1)61-67-62(43-21-8-2-9-22-43)70-65(69-61)51-30-17-16-29-50(51)48-34-37-57-54(41-48)53-39-46(33-36-56(53)73(57)49-27-14-5-15-28-49)47-35-38-58-55(40-47)60-52(31-18-32-59(60)74-58)66-71-63(44-23-10-3-11-24-44)68-64(72-66)45-25-12-4-13-26-45/h1-41H. The van der Waals surface area contributed by atoms with Gasteiger partial charge in [-0.15, -0.1) is 0 Å². The minimum absolute atomic E-state index is 0.577. The third-order valence-corrected chi connectivity index (χ3v) is 13.7. The van der Waals surface area contributed by atoms with Gasteiger partial charge in [-0.25, -0.2) is 29.9 Å². The average Bonchev–Trinajstić information content (AvgIpc) is 4.03. The summed E-state index contributed by atoms with van der Waals surface area (Å²) in [4.78, 5) is 30.4. The van der Waals surface area contributed by atoms with E-state index in [0.29, 0.717) is 34.9 Å². The van der Waals surface area contributed by atoms with Crippen molar-refractivity contribution in [2.45, 2.75) is 0 Å². The van der Waals surface area contributed by atoms with Crippen LogP contribution in [-0.2, 0) is 0 Å². The molecule has 0 atom stereocenters. The molecule has 0 bridgehead atoms. The SMILES string of the molecule is c1ccc(-c2nc(-c3ccccc3)nc(-c3ccccc3-c3ccc4c(c3)c3cc(-c5ccc6oc7cccc(-c8nc(-c9ccccc9)nc(-c9ccccc9)n8)c7c6c5)ccc3n4-c3ccccc3)n2)cc1. The van der Waals surface area contributed by atoms with Crippen LogP contribution in [0, 0.1) is 0 Å². The van der Waals surface area contributed by atoms with E-state index in [1.165, 1.54) is 0 Å². The summed E-state index contributed by atoms with van der Waals surface area (Å²) in [5, 5.41) is 4.18. The second kappa shape index (κ2) is 17.9. The molecule has 4 heterocycles. The molecule has 8 nitrogen and oxygen atoms in total. The number of rotatable bonds is 9. The van der Waals surface area contributed by atoms with Crippen LogP contribution in [-0.4, -0.2) is 34.5 Å². The zero-order valence-corrected chi connectivity index (χ0v) is 39.7. The third kappa shape index (κ3) is 7.57. The summed E-state index contributed by atoms with van der Waals surface area (Å²) in [7, 11) is 0. The number of para-hydroxylation sites is 1. The Morgan fingerprint density at radius 1 is 0.257 bits per heavy atom. The van der Waals surface area contributed by atoms with Crippen molar-refractivity contribution in [3.05, 3.63) is 249 Å². The van der Waals surface area contributed by atoms with Gasteiger partial charge in [0.05, 0.1) is 11.0 Å². The van der Waals surface area contributed by atoms with Crippen LogP contribution in [0.4, 0.5) is 0 Å². The summed E-state index contributed by atoms with van der Waals surface area (Å²) in [6.45, 7) is 0. The summed E-state index contributed by atoms with van der Waals surface area (Å²) in [6.07, 6.45) is 0. The summed E-state index contributed by atoms with van der Waals surface area (Å²) >= 11 is 0. The Labute approximate surface area is 425 Å². The molecule has 0 spiro atoms. The molecule has 0 saturated carbocycles. The van der Waals surface area contributed by atoms with Crippen molar-refractivity contribution in [2.75, 3.05) is 0 Å². The second-order valence-corrected chi connectivity index (χ2v) is 18.2. The van der Waals surface area contributed by atoms with E-state index < -0.39 is 0 Å². The fourth-order valence-corrected chi connectivity index (χ4v) is 10.2. The molecule has 14 aromatic rings. The molecule has 0 amide bonds. The van der Waals surface area contributed by atoms with Crippen LogP contribution in [0.2, 0.25) is 0 Å². The molecule has 8 heteroatoms. The van der Waals surface area contributed by atoms with Gasteiger partial charge in [-0.1, -0.05) is 194 Å². The van der Waals surface area contributed by atoms with Crippen LogP contribution < -0.4 is 0 Å². The quantitative estimate of drug-likeness (QED) is 0.142. The Bertz CT molecular complexity index is 4290. The molecule has 0 fully saturated rings. The predicted octanol–water partition coefficient (Wildman–Crippen LogP) is 16.4. The van der Waals surface area contributed by atoms with Gasteiger partial charge in [-0.2, -0.15) is 0 Å². The molecule has 0 radical (unpaired) electrons. The smallest absolute Gasteiger partial charge is 0.164 e. The van der Waals surface area contributed by atoms with Crippen LogP contribution in [0.3, 0.4) is 0 Å². The molecule has 0 N–H and O–H groups in total. The van der Waals surface area contributed by atoms with E-state index >= 15 is 0 Å². The van der Waals surface area contributed by atoms with Gasteiger partial charge in [0.15, 0.2) is 34.9 Å². The van der Waals surface area contributed by atoms with Gasteiger partial charge in [0.2, 0.25) is 0 Å². The first-order valence-electron chi connectivity index (χ1n) is 24.6. The minimum Gasteiger partial charge on any atom is -0.456 e. The maximum atomic E-state index is 6.58. The van der Waals surface area contributed by atoms with E-state index in [0.717, 1.165) is 105 Å². The molecular formula is C66H41N7O. The molecular weight excluding hydrogens is 907 g/mol. The maximum Gasteiger partial charge on any atom is 0.164 e. The number of hydrogen-bond donors (Lipinski definition) is 0. The second-order valence-electron chi connectivity index (χ2n) is 18.2. The Morgan fingerprint density at radius 3 is 1.18 bits per heavy atom. The van der Waals surface area contributed by atoms with Crippen molar-refractivity contribution >= 4 is 43.7 Å². The van der Waals surface area contributed by atoms with Gasteiger partial charge in [-0.3, -0.25) is 0 Å². The fourth-order valence-electron chi connectivity index (χ4n) is 10.2. The minimum atomic E-state index is 0.577. The van der Waals surface area contributed by atoms with Crippen molar-refractivity contribution in [1.82, 2.24) is 34.5 Å². The van der Waals surface area contributed by atoms with E-state index in [9.17, 15) is 0 Å². The molecule has 0 unspecified atom stereocenters. The lowest BCUT2D eigenvalue weighted by Gasteiger charge is -2.12. The van der Waals surface area contributed by atoms with Gasteiger partial charge in [0.1, 0.15) is 11.2 Å². The molecule has 0 aliphatic heterocycles. The topological polar surface area (TPSA) is 95.4 Å². The third-order valence-electron chi connectivity index (χ3n) is 13.7. The molecule has 10 aromatic carbocycles. The summed E-state index contributed by atoms with van der Waals surface area (Å²) in [5.74, 6) is 3.64. The molecule has 0 aliphatic carbocycles. The van der Waals surface area contributed by atoms with Gasteiger partial charge >= 0.3 is 0 Å². The normalized spacial score (nSPS) is 11.5. The number of hydrogen-bond acceptors (Lipinski definition) is 7. The monoisotopic (exact) mass is 947 g/mol. The summed E-state index contributed by atoms with van der Waals surface area (Å²) in [6, 6.07) is 85.5. The highest BCUT2D eigenvalue weighted by molar-refractivity contribution is 6.14. The van der Waals surface area contributed by atoms with Crippen LogP contribution in [0.25, 0.3) is 140 Å². The lowest BCUT2D eigenvalue weighted by molar-refractivity contribution is 0.669. The van der Waals surface area contributed by atoms with Crippen molar-refractivity contribution < 1.29 is 4.42 Å². The van der Waals surface area contributed by atoms with E-state index in [2.05, 4.69) is 120 Å². The molecule has 74 heavy (non-hydrogen) atoms. The lowest BCUT2D eigenvalue weighted by atomic mass is 9.96. The number of nitrogens with zero attached hydrogens (tertiary/aromatic N) is 7. The first kappa shape index (κ1) is 42.7. The highest BCUT2D eigenvalue weighted by atomic mass is 16.3. The van der Waals surface area contributed by atoms with Gasteiger partial charge in [-0.05, 0) is 76.9 Å². The highest BCUT2D eigenvalue weighted by Crippen LogP contribution is 2.42. The molecule has 4 aromatic heterocycles. The van der Waals surface area contributed by atoms with Crippen molar-refractivity contribution in [3.63, 3.8) is 0 Å². The van der Waals surface area contributed by atoms with Gasteiger partial charge in [0, 0.05) is 60.6 Å². The maximum absolute atomic E-state index is 6.58. The van der Waals surface area contributed by atoms with Gasteiger partial charge in [0.25, 0.3) is 0 Å². The predicted molar refractivity (Wildman–Crippen MR) is 298 cm³/mol. The average molecular weight is 948 g/mol. The number of aromatic nitrogens is 7. The van der Waals surface area contributed by atoms with Crippen molar-refractivity contribution in [3.8, 4) is 96.3 Å². The lowest BCUT2D eigenvalue weighted by Crippen LogP contribution is -2.01. The Balaban J connectivity index is 0.926. The Morgan fingerprint density at radius 2 is 0.649 bits per heavy atom. The first-order chi connectivity index (χ1) is 36.7. The van der Waals surface area contributed by atoms with Crippen LogP contribution >= 0.6 is 0 Å². The van der Waals surface area contributed by atoms with Crippen LogP contribution in [0.15, 0.2) is 253 Å². The zero-order chi connectivity index (χ0) is 49.0. The summed E-state index contributed by atoms with van der Waals surface area (Å²) < 4.78 is 8.94. The Hall–Kier alpha value is -10.2. The summed E-state index contributed by atoms with van der Waals surface area (Å²) in [5.41, 5.74) is 14.5. The van der Waals surface area contributed by atoms with E-state index in [-0.39, 0.29) is 0 Å². The zero-order valence-electron chi connectivity index (χ0n) is 39.7.